The molecule has 0 aromatic heterocycles. The van der Waals surface area contributed by atoms with Gasteiger partial charge in [0, 0.05) is 46.8 Å². The molecule has 0 saturated carbocycles. The molecule has 0 aliphatic heterocycles. The zero-order valence-electron chi connectivity index (χ0n) is 16.3. The van der Waals surface area contributed by atoms with Crippen molar-refractivity contribution in [2.24, 2.45) is 0 Å². The number of hydrogen-bond acceptors (Lipinski definition) is 8. The molecule has 3 N–H and O–H groups in total. The fourth-order valence-corrected chi connectivity index (χ4v) is 5.21. The van der Waals surface area contributed by atoms with Crippen LogP contribution in [0.15, 0.2) is 24.3 Å². The lowest BCUT2D eigenvalue weighted by atomic mass is 9.73. The highest BCUT2D eigenvalue weighted by molar-refractivity contribution is 9.09. The van der Waals surface area contributed by atoms with Crippen molar-refractivity contribution in [3.63, 3.8) is 0 Å². The molecule has 9 heteroatoms. The molecule has 31 heavy (non-hydrogen) atoms. The third kappa shape index (κ3) is 3.16. The van der Waals surface area contributed by atoms with Gasteiger partial charge in [0.15, 0.2) is 18.2 Å². The Morgan fingerprint density at radius 3 is 2.19 bits per heavy atom. The molecule has 8 nitrogen and oxygen atoms in total. The van der Waals surface area contributed by atoms with Crippen LogP contribution >= 0.6 is 15.9 Å². The van der Waals surface area contributed by atoms with Crippen molar-refractivity contribution < 1.29 is 39.2 Å². The van der Waals surface area contributed by atoms with Gasteiger partial charge < -0.3 is 20.1 Å². The smallest absolute Gasteiger partial charge is 0.303 e. The monoisotopic (exact) mass is 488 g/mol. The summed E-state index contributed by atoms with van der Waals surface area (Å²) >= 11 is 3.30. The van der Waals surface area contributed by atoms with Crippen molar-refractivity contribution in [1.29, 1.82) is 0 Å². The predicted octanol–water partition coefficient (Wildman–Crippen LogP) is 2.12. The van der Waals surface area contributed by atoms with Gasteiger partial charge in [-0.25, -0.2) is 0 Å². The fraction of sp³-hybridized carbons (Fsp3) is 0.273. The summed E-state index contributed by atoms with van der Waals surface area (Å²) in [6.07, 6.45) is -0.634. The largest absolute Gasteiger partial charge is 0.507 e. The van der Waals surface area contributed by atoms with Gasteiger partial charge in [-0.15, -0.1) is 0 Å². The van der Waals surface area contributed by atoms with E-state index in [1.54, 1.807) is 12.1 Å². The molecule has 0 radical (unpaired) electrons. The number of phenolic OH excluding ortho intramolecular Hbond substituents is 2. The van der Waals surface area contributed by atoms with Crippen LogP contribution in [0, 0.1) is 0 Å². The standard InChI is InChI=1S/C22H17BrO8/c1-9(24)31-8-14(25)22(30)6-12-15(13(23)7-22)21(29)17-16(20(12)28)18(26)10-4-2-3-5-11(10)19(17)27/h2-5,13,28-30H,6-8H2,1H3. The first-order valence-electron chi connectivity index (χ1n) is 9.39. The van der Waals surface area contributed by atoms with E-state index >= 15 is 0 Å². The van der Waals surface area contributed by atoms with E-state index in [1.807, 2.05) is 0 Å². The van der Waals surface area contributed by atoms with Crippen molar-refractivity contribution in [2.45, 2.75) is 30.2 Å². The summed E-state index contributed by atoms with van der Waals surface area (Å²) in [5.74, 6) is -3.78. The number of hydrogen-bond donors (Lipinski definition) is 3. The first-order chi connectivity index (χ1) is 14.6. The maximum absolute atomic E-state index is 13.0. The summed E-state index contributed by atoms with van der Waals surface area (Å²) in [7, 11) is 0. The number of phenols is 2. The summed E-state index contributed by atoms with van der Waals surface area (Å²) in [5, 5.41) is 32.8. The minimum atomic E-state index is -2.02. The average molecular weight is 489 g/mol. The minimum Gasteiger partial charge on any atom is -0.507 e. The number of alkyl halides is 1. The van der Waals surface area contributed by atoms with Crippen LogP contribution in [0.3, 0.4) is 0 Å². The molecule has 0 spiro atoms. The third-order valence-electron chi connectivity index (χ3n) is 5.69. The Morgan fingerprint density at radius 2 is 1.65 bits per heavy atom. The van der Waals surface area contributed by atoms with E-state index in [1.165, 1.54) is 12.1 Å². The van der Waals surface area contributed by atoms with Crippen LogP contribution in [0.5, 0.6) is 11.5 Å². The Bertz CT molecular complexity index is 1180. The highest BCUT2D eigenvalue weighted by Crippen LogP contribution is 2.52. The molecule has 2 unspecified atom stereocenters. The van der Waals surface area contributed by atoms with Crippen LogP contribution in [0.2, 0.25) is 0 Å². The van der Waals surface area contributed by atoms with E-state index in [2.05, 4.69) is 20.7 Å². The second-order valence-corrected chi connectivity index (χ2v) is 8.73. The Hall–Kier alpha value is -3.04. The predicted molar refractivity (Wildman–Crippen MR) is 110 cm³/mol. The van der Waals surface area contributed by atoms with Gasteiger partial charge in [-0.2, -0.15) is 0 Å². The molecule has 2 atom stereocenters. The van der Waals surface area contributed by atoms with Crippen molar-refractivity contribution >= 4 is 39.2 Å². The highest BCUT2D eigenvalue weighted by atomic mass is 79.9. The number of aliphatic hydroxyl groups is 1. The molecule has 2 aliphatic rings. The van der Waals surface area contributed by atoms with Crippen molar-refractivity contribution in [1.82, 2.24) is 0 Å². The Balaban J connectivity index is 1.87. The number of rotatable bonds is 3. The van der Waals surface area contributed by atoms with Gasteiger partial charge in [-0.05, 0) is 0 Å². The lowest BCUT2D eigenvalue weighted by molar-refractivity contribution is -0.153. The van der Waals surface area contributed by atoms with Crippen molar-refractivity contribution in [3.8, 4) is 11.5 Å². The van der Waals surface area contributed by atoms with Gasteiger partial charge in [0.2, 0.25) is 5.78 Å². The van der Waals surface area contributed by atoms with Crippen LogP contribution in [0.4, 0.5) is 0 Å². The number of carbonyl (C=O) groups excluding carboxylic acids is 4. The molecule has 2 aromatic rings. The lowest BCUT2D eigenvalue weighted by Crippen LogP contribution is -2.46. The molecule has 160 valence electrons. The van der Waals surface area contributed by atoms with Gasteiger partial charge in [-0.1, -0.05) is 40.2 Å². The average Bonchev–Trinajstić information content (AvgIpc) is 2.72. The Morgan fingerprint density at radius 1 is 1.10 bits per heavy atom. The summed E-state index contributed by atoms with van der Waals surface area (Å²) in [6, 6.07) is 6.07. The van der Waals surface area contributed by atoms with E-state index in [0.717, 1.165) is 6.92 Å². The van der Waals surface area contributed by atoms with Crippen LogP contribution in [-0.2, 0) is 20.7 Å². The SMILES string of the molecule is CC(=O)OCC(=O)C1(O)Cc2c(O)c3c(c(O)c2C(Br)C1)C(=O)c1ccccc1C3=O. The molecule has 4 rings (SSSR count). The molecule has 0 heterocycles. The minimum absolute atomic E-state index is 0.0245. The number of aromatic hydroxyl groups is 2. The summed E-state index contributed by atoms with van der Waals surface area (Å²) in [4.78, 5) is 48.8. The number of halogens is 1. The van der Waals surface area contributed by atoms with E-state index in [-0.39, 0.29) is 39.8 Å². The van der Waals surface area contributed by atoms with Gasteiger partial charge in [0.1, 0.15) is 17.1 Å². The number of fused-ring (bicyclic) bond motifs is 3. The number of benzene rings is 2. The van der Waals surface area contributed by atoms with E-state index in [4.69, 9.17) is 0 Å². The van der Waals surface area contributed by atoms with Gasteiger partial charge in [0.05, 0.1) is 11.1 Å². The summed E-state index contributed by atoms with van der Waals surface area (Å²) in [5.41, 5.74) is -2.39. The molecular formula is C22H17BrO8. The highest BCUT2D eigenvalue weighted by Gasteiger charge is 2.48. The molecule has 0 amide bonds. The number of Topliss-reactive ketones (excluding diaryl/α,β-unsaturated/α-hetero) is 1. The normalized spacial score (nSPS) is 21.7. The van der Waals surface area contributed by atoms with Gasteiger partial charge in [-0.3, -0.25) is 19.2 Å². The third-order valence-corrected chi connectivity index (χ3v) is 6.47. The van der Waals surface area contributed by atoms with E-state index in [9.17, 15) is 34.5 Å². The van der Waals surface area contributed by atoms with Crippen LogP contribution < -0.4 is 0 Å². The molecular weight excluding hydrogens is 472 g/mol. The molecule has 2 aromatic carbocycles. The zero-order chi connectivity index (χ0) is 22.7. The van der Waals surface area contributed by atoms with Crippen LogP contribution in [0.25, 0.3) is 0 Å². The van der Waals surface area contributed by atoms with Gasteiger partial charge in [0.25, 0.3) is 0 Å². The molecule has 0 saturated heterocycles. The van der Waals surface area contributed by atoms with Gasteiger partial charge >= 0.3 is 5.97 Å². The topological polar surface area (TPSA) is 138 Å². The number of esters is 1. The Kier molecular flexibility index (Phi) is 4.98. The zero-order valence-corrected chi connectivity index (χ0v) is 17.9. The summed E-state index contributed by atoms with van der Waals surface area (Å²) in [6.45, 7) is 0.459. The first-order valence-corrected chi connectivity index (χ1v) is 10.3. The fourth-order valence-electron chi connectivity index (χ4n) is 4.18. The Labute approximate surface area is 184 Å². The number of ketones is 3. The van der Waals surface area contributed by atoms with Crippen molar-refractivity contribution in [2.75, 3.05) is 6.61 Å². The van der Waals surface area contributed by atoms with E-state index in [0.29, 0.717) is 0 Å². The second-order valence-electron chi connectivity index (χ2n) is 7.63. The van der Waals surface area contributed by atoms with E-state index < -0.39 is 58.3 Å². The lowest BCUT2D eigenvalue weighted by Gasteiger charge is -2.37. The molecule has 0 fully saturated rings. The quantitative estimate of drug-likeness (QED) is 0.289. The second kappa shape index (κ2) is 7.28. The maximum Gasteiger partial charge on any atom is 0.303 e. The van der Waals surface area contributed by atoms with Crippen LogP contribution in [0.1, 0.15) is 61.1 Å². The summed E-state index contributed by atoms with van der Waals surface area (Å²) < 4.78 is 4.69. The van der Waals surface area contributed by atoms with Crippen molar-refractivity contribution in [3.05, 3.63) is 57.6 Å². The maximum atomic E-state index is 13.0. The molecule has 0 bridgehead atoms. The number of ether oxygens (including phenoxy) is 1. The molecule has 2 aliphatic carbocycles. The first kappa shape index (κ1) is 21.2. The van der Waals surface area contributed by atoms with Crippen LogP contribution in [-0.4, -0.2) is 50.8 Å². The number of carbonyl (C=O) groups is 4.